The minimum absolute atomic E-state index is 0.0408. The predicted octanol–water partition coefficient (Wildman–Crippen LogP) is 1.73. The highest BCUT2D eigenvalue weighted by Crippen LogP contribution is 2.30. The summed E-state index contributed by atoms with van der Waals surface area (Å²) in [6, 6.07) is 0.0408. The lowest BCUT2D eigenvalue weighted by Gasteiger charge is -2.23. The Morgan fingerprint density at radius 2 is 2.12 bits per heavy atom. The van der Waals surface area contributed by atoms with Gasteiger partial charge < -0.3 is 10.6 Å². The Balaban J connectivity index is 2.78. The van der Waals surface area contributed by atoms with Crippen LogP contribution in [0.4, 0.5) is 18.3 Å². The molecular formula is C8H13F3N4S. The summed E-state index contributed by atoms with van der Waals surface area (Å²) in [7, 11) is 1.68. The monoisotopic (exact) mass is 254 g/mol. The summed E-state index contributed by atoms with van der Waals surface area (Å²) in [6.07, 6.45) is -3.79. The zero-order valence-electron chi connectivity index (χ0n) is 8.95. The molecular weight excluding hydrogens is 241 g/mol. The van der Waals surface area contributed by atoms with Crippen LogP contribution in [-0.4, -0.2) is 29.0 Å². The van der Waals surface area contributed by atoms with Crippen LogP contribution >= 0.6 is 11.5 Å². The number of anilines is 1. The van der Waals surface area contributed by atoms with E-state index in [0.717, 1.165) is 11.5 Å². The summed E-state index contributed by atoms with van der Waals surface area (Å²) in [5.41, 5.74) is 5.38. The smallest absolute Gasteiger partial charge is 0.347 e. The summed E-state index contributed by atoms with van der Waals surface area (Å²) in [6.45, 7) is 2.36. The fraction of sp³-hybridized carbons (Fsp3) is 0.750. The molecule has 0 bridgehead atoms. The van der Waals surface area contributed by atoms with Crippen LogP contribution in [0.2, 0.25) is 0 Å². The molecule has 4 nitrogen and oxygen atoms in total. The Kier molecular flexibility index (Phi) is 4.09. The van der Waals surface area contributed by atoms with E-state index in [2.05, 4.69) is 9.36 Å². The van der Waals surface area contributed by atoms with Gasteiger partial charge in [0.2, 0.25) is 11.0 Å². The second-order valence-electron chi connectivity index (χ2n) is 3.44. The zero-order valence-corrected chi connectivity index (χ0v) is 9.77. The maximum Gasteiger partial charge on any atom is 0.452 e. The van der Waals surface area contributed by atoms with Gasteiger partial charge in [0, 0.05) is 24.6 Å². The number of aromatic nitrogens is 2. The molecule has 0 saturated heterocycles. The Morgan fingerprint density at radius 3 is 2.56 bits per heavy atom. The van der Waals surface area contributed by atoms with Crippen LogP contribution in [0.15, 0.2) is 0 Å². The van der Waals surface area contributed by atoms with E-state index < -0.39 is 12.0 Å². The number of nitrogens with two attached hydrogens (primary N) is 1. The van der Waals surface area contributed by atoms with Crippen molar-refractivity contribution >= 4 is 16.7 Å². The van der Waals surface area contributed by atoms with Gasteiger partial charge in [-0.3, -0.25) is 0 Å². The maximum absolute atomic E-state index is 12.3. The Morgan fingerprint density at radius 1 is 1.50 bits per heavy atom. The van der Waals surface area contributed by atoms with Crippen molar-refractivity contribution in [2.75, 3.05) is 18.5 Å². The molecule has 0 aliphatic heterocycles. The summed E-state index contributed by atoms with van der Waals surface area (Å²) >= 11 is 0.743. The summed E-state index contributed by atoms with van der Waals surface area (Å²) in [5, 5.41) is 0.258. The number of nitrogens with zero attached hydrogens (tertiary/aromatic N) is 3. The van der Waals surface area contributed by atoms with Crippen molar-refractivity contribution in [3.05, 3.63) is 5.82 Å². The number of halogens is 3. The first-order valence-electron chi connectivity index (χ1n) is 4.70. The van der Waals surface area contributed by atoms with E-state index in [4.69, 9.17) is 5.73 Å². The van der Waals surface area contributed by atoms with Gasteiger partial charge in [-0.15, -0.1) is 0 Å². The first kappa shape index (κ1) is 13.2. The molecule has 2 N–H and O–H groups in total. The number of hydrogen-bond acceptors (Lipinski definition) is 5. The van der Waals surface area contributed by atoms with E-state index in [0.29, 0.717) is 13.0 Å². The lowest BCUT2D eigenvalue weighted by molar-refractivity contribution is -0.144. The molecule has 16 heavy (non-hydrogen) atoms. The molecule has 0 amide bonds. The molecule has 0 fully saturated rings. The first-order valence-corrected chi connectivity index (χ1v) is 5.47. The molecule has 0 saturated carbocycles. The lowest BCUT2D eigenvalue weighted by atomic mass is 10.2. The van der Waals surface area contributed by atoms with Crippen LogP contribution in [-0.2, 0) is 6.18 Å². The highest BCUT2D eigenvalue weighted by atomic mass is 32.1. The molecule has 92 valence electrons. The zero-order chi connectivity index (χ0) is 12.3. The van der Waals surface area contributed by atoms with Gasteiger partial charge in [-0.05, 0) is 19.9 Å². The Bertz CT molecular complexity index is 338. The SMILES string of the molecule is CC(CCN)N(C)c1nc(C(F)(F)F)ns1. The van der Waals surface area contributed by atoms with E-state index in [1.54, 1.807) is 11.9 Å². The van der Waals surface area contributed by atoms with E-state index in [1.807, 2.05) is 6.92 Å². The van der Waals surface area contributed by atoms with Crippen molar-refractivity contribution in [1.82, 2.24) is 9.36 Å². The highest BCUT2D eigenvalue weighted by Gasteiger charge is 2.36. The van der Waals surface area contributed by atoms with Gasteiger partial charge in [0.05, 0.1) is 0 Å². The largest absolute Gasteiger partial charge is 0.452 e. The fourth-order valence-corrected chi connectivity index (χ4v) is 1.85. The number of rotatable bonds is 4. The van der Waals surface area contributed by atoms with Gasteiger partial charge in [-0.25, -0.2) is 0 Å². The summed E-state index contributed by atoms with van der Waals surface area (Å²) in [5.74, 6) is -1.08. The van der Waals surface area contributed by atoms with Gasteiger partial charge in [0.15, 0.2) is 0 Å². The van der Waals surface area contributed by atoms with Crippen LogP contribution in [0.3, 0.4) is 0 Å². The molecule has 0 aliphatic carbocycles. The van der Waals surface area contributed by atoms with Gasteiger partial charge in [0.25, 0.3) is 0 Å². The van der Waals surface area contributed by atoms with E-state index in [-0.39, 0.29) is 11.2 Å². The molecule has 8 heteroatoms. The highest BCUT2D eigenvalue weighted by molar-refractivity contribution is 7.09. The van der Waals surface area contributed by atoms with Crippen LogP contribution in [0.5, 0.6) is 0 Å². The quantitative estimate of drug-likeness (QED) is 0.889. The minimum Gasteiger partial charge on any atom is -0.347 e. The average Bonchev–Trinajstić information content (AvgIpc) is 2.65. The van der Waals surface area contributed by atoms with Crippen molar-refractivity contribution in [3.8, 4) is 0 Å². The maximum atomic E-state index is 12.3. The molecule has 0 aromatic carbocycles. The second kappa shape index (κ2) is 4.96. The third-order valence-corrected chi connectivity index (χ3v) is 3.02. The van der Waals surface area contributed by atoms with E-state index in [9.17, 15) is 13.2 Å². The van der Waals surface area contributed by atoms with Crippen LogP contribution in [0.25, 0.3) is 0 Å². The van der Waals surface area contributed by atoms with Crippen molar-refractivity contribution in [2.24, 2.45) is 5.73 Å². The molecule has 0 spiro atoms. The number of hydrogen-bond donors (Lipinski definition) is 1. The normalized spacial score (nSPS) is 13.9. The van der Waals surface area contributed by atoms with Crippen LogP contribution < -0.4 is 10.6 Å². The van der Waals surface area contributed by atoms with Crippen molar-refractivity contribution < 1.29 is 13.2 Å². The minimum atomic E-state index is -4.48. The van der Waals surface area contributed by atoms with Crippen molar-refractivity contribution in [2.45, 2.75) is 25.6 Å². The van der Waals surface area contributed by atoms with Gasteiger partial charge in [-0.1, -0.05) is 0 Å². The molecule has 1 atom stereocenters. The molecule has 1 unspecified atom stereocenters. The Hall–Kier alpha value is -0.890. The summed E-state index contributed by atoms with van der Waals surface area (Å²) in [4.78, 5) is 5.10. The van der Waals surface area contributed by atoms with E-state index in [1.165, 1.54) is 0 Å². The third-order valence-electron chi connectivity index (χ3n) is 2.22. The fourth-order valence-electron chi connectivity index (χ4n) is 1.10. The van der Waals surface area contributed by atoms with Crippen LogP contribution in [0.1, 0.15) is 19.2 Å². The molecule has 1 aromatic rings. The number of alkyl halides is 3. The van der Waals surface area contributed by atoms with Crippen molar-refractivity contribution in [3.63, 3.8) is 0 Å². The van der Waals surface area contributed by atoms with Gasteiger partial charge in [0.1, 0.15) is 0 Å². The topological polar surface area (TPSA) is 55.0 Å². The van der Waals surface area contributed by atoms with E-state index >= 15 is 0 Å². The molecule has 0 aliphatic rings. The molecule has 1 heterocycles. The second-order valence-corrected chi connectivity index (χ2v) is 4.17. The van der Waals surface area contributed by atoms with Crippen molar-refractivity contribution in [1.29, 1.82) is 0 Å². The van der Waals surface area contributed by atoms with Gasteiger partial charge >= 0.3 is 6.18 Å². The van der Waals surface area contributed by atoms with Crippen LogP contribution in [0, 0.1) is 0 Å². The third kappa shape index (κ3) is 3.05. The molecule has 1 aromatic heterocycles. The lowest BCUT2D eigenvalue weighted by Crippen LogP contribution is -2.30. The Labute approximate surface area is 95.4 Å². The predicted molar refractivity (Wildman–Crippen MR) is 56.4 cm³/mol. The molecule has 1 rings (SSSR count). The van der Waals surface area contributed by atoms with Gasteiger partial charge in [-0.2, -0.15) is 22.5 Å². The molecule has 0 radical (unpaired) electrons. The average molecular weight is 254 g/mol. The summed E-state index contributed by atoms with van der Waals surface area (Å²) < 4.78 is 40.1. The first-order chi connectivity index (χ1) is 7.36. The standard InChI is InChI=1S/C8H13F3N4S/c1-5(3-4-12)15(2)7-13-6(14-16-7)8(9,10)11/h5H,3-4,12H2,1-2H3.